The highest BCUT2D eigenvalue weighted by molar-refractivity contribution is 4.43. The molecule has 0 heterocycles. The van der Waals surface area contributed by atoms with E-state index in [4.69, 9.17) is 20.4 Å². The molecule has 0 radical (unpaired) electrons. The van der Waals surface area contributed by atoms with E-state index in [0.717, 1.165) is 0 Å². The Bertz CT molecular complexity index is 49.0. The lowest BCUT2D eigenvalue weighted by Crippen LogP contribution is -2.15. The largest absolute Gasteiger partial charge is 0.394 e. The predicted octanol–water partition coefficient (Wildman–Crippen LogP) is -1.28. The summed E-state index contributed by atoms with van der Waals surface area (Å²) in [6.07, 6.45) is -1.12. The summed E-state index contributed by atoms with van der Waals surface area (Å²) in [6.45, 7) is 2.72. The van der Waals surface area contributed by atoms with E-state index >= 15 is 0 Å². The molecule has 0 fully saturated rings. The number of aliphatic hydroxyl groups excluding tert-OH is 4. The molecule has 0 aromatic heterocycles. The maximum absolute atomic E-state index is 8.17. The van der Waals surface area contributed by atoms with Gasteiger partial charge >= 0.3 is 0 Å². The van der Waals surface area contributed by atoms with Crippen LogP contribution < -0.4 is 0 Å². The molecule has 0 saturated heterocycles. The highest BCUT2D eigenvalue weighted by Gasteiger charge is 1.93. The molecule has 0 unspecified atom stereocenters. The number of rotatable bonds is 2. The summed E-state index contributed by atoms with van der Waals surface area (Å²) in [6, 6.07) is 0. The molecule has 0 aliphatic rings. The van der Waals surface area contributed by atoms with Crippen molar-refractivity contribution in [3.05, 3.63) is 0 Å². The van der Waals surface area contributed by atoms with Crippen LogP contribution in [-0.2, 0) is 0 Å². The molecule has 0 aliphatic heterocycles. The fourth-order valence-corrected chi connectivity index (χ4v) is 0.0577. The average molecular weight is 152 g/mol. The first-order valence-electron chi connectivity index (χ1n) is 3.12. The Labute approximate surface area is 60.7 Å². The summed E-state index contributed by atoms with van der Waals surface area (Å²) in [5, 5.41) is 32.1. The molecule has 10 heavy (non-hydrogen) atoms. The van der Waals surface area contributed by atoms with Gasteiger partial charge in [0, 0.05) is 6.10 Å². The summed E-state index contributed by atoms with van der Waals surface area (Å²) in [5.74, 6) is 0. The van der Waals surface area contributed by atoms with Crippen LogP contribution in [0.4, 0.5) is 0 Å². The third-order valence-corrected chi connectivity index (χ3v) is 0.421. The number of hydrogen-bond donors (Lipinski definition) is 4. The molecule has 4 nitrogen and oxygen atoms in total. The van der Waals surface area contributed by atoms with Gasteiger partial charge in [0.1, 0.15) is 6.10 Å². The smallest absolute Gasteiger partial charge is 0.100 e. The van der Waals surface area contributed by atoms with Crippen molar-refractivity contribution in [1.82, 2.24) is 0 Å². The van der Waals surface area contributed by atoms with Gasteiger partial charge in [0.15, 0.2) is 0 Å². The van der Waals surface area contributed by atoms with Crippen molar-refractivity contribution in [3.63, 3.8) is 0 Å². The lowest BCUT2D eigenvalue weighted by Gasteiger charge is -1.96. The topological polar surface area (TPSA) is 80.9 Å². The van der Waals surface area contributed by atoms with Gasteiger partial charge in [-0.3, -0.25) is 0 Å². The molecule has 0 amide bonds. The summed E-state index contributed by atoms with van der Waals surface area (Å²) >= 11 is 0. The van der Waals surface area contributed by atoms with Crippen molar-refractivity contribution in [2.75, 3.05) is 13.2 Å². The van der Waals surface area contributed by atoms with E-state index in [1.165, 1.54) is 0 Å². The zero-order valence-electron chi connectivity index (χ0n) is 6.36. The first-order chi connectivity index (χ1) is 4.54. The van der Waals surface area contributed by atoms with Crippen LogP contribution in [0.15, 0.2) is 0 Å². The van der Waals surface area contributed by atoms with Gasteiger partial charge in [-0.25, -0.2) is 0 Å². The third kappa shape index (κ3) is 24.9. The van der Waals surface area contributed by atoms with Crippen molar-refractivity contribution >= 4 is 0 Å². The summed E-state index contributed by atoms with van der Waals surface area (Å²) in [7, 11) is 0. The van der Waals surface area contributed by atoms with Gasteiger partial charge < -0.3 is 20.4 Å². The number of aliphatic hydroxyl groups is 4. The summed E-state index contributed by atoms with van der Waals surface area (Å²) < 4.78 is 0. The molecule has 4 N–H and O–H groups in total. The molecule has 0 rings (SSSR count). The van der Waals surface area contributed by atoms with Crippen LogP contribution in [0.25, 0.3) is 0 Å². The molecule has 0 atom stereocenters. The second kappa shape index (κ2) is 8.84. The molecule has 0 spiro atoms. The van der Waals surface area contributed by atoms with Crippen molar-refractivity contribution in [2.24, 2.45) is 0 Å². The van der Waals surface area contributed by atoms with E-state index in [-0.39, 0.29) is 19.3 Å². The molecule has 0 aliphatic carbocycles. The van der Waals surface area contributed by atoms with E-state index in [0.29, 0.717) is 0 Å². The minimum atomic E-state index is -0.954. The number of hydrogen-bond acceptors (Lipinski definition) is 4. The van der Waals surface area contributed by atoms with Crippen LogP contribution in [0, 0.1) is 0 Å². The standard InChI is InChI=1S/C3H8O3.C3H8O/c4-1-3(6)2-5;1-3(2)4/h3-6H,1-2H2;3-4H,1-2H3. The SMILES string of the molecule is CC(C)O.OCC(O)CO. The maximum atomic E-state index is 8.17. The first kappa shape index (κ1) is 12.5. The normalized spacial score (nSPS) is 9.60. The second-order valence-electron chi connectivity index (χ2n) is 2.11. The molecule has 0 aromatic rings. The third-order valence-electron chi connectivity index (χ3n) is 0.421. The Kier molecular flexibility index (Phi) is 11.1. The lowest BCUT2D eigenvalue weighted by atomic mass is 10.4. The van der Waals surface area contributed by atoms with Crippen LogP contribution in [0.2, 0.25) is 0 Å². The Morgan fingerprint density at radius 2 is 1.20 bits per heavy atom. The second-order valence-corrected chi connectivity index (χ2v) is 2.11. The van der Waals surface area contributed by atoms with Crippen LogP contribution >= 0.6 is 0 Å². The Morgan fingerprint density at radius 3 is 1.20 bits per heavy atom. The van der Waals surface area contributed by atoms with Crippen LogP contribution in [0.1, 0.15) is 13.8 Å². The molecular weight excluding hydrogens is 136 g/mol. The predicted molar refractivity (Wildman–Crippen MR) is 37.5 cm³/mol. The maximum Gasteiger partial charge on any atom is 0.100 e. The van der Waals surface area contributed by atoms with E-state index in [1.807, 2.05) is 0 Å². The van der Waals surface area contributed by atoms with Crippen molar-refractivity contribution in [1.29, 1.82) is 0 Å². The fraction of sp³-hybridized carbons (Fsp3) is 1.00. The molecule has 64 valence electrons. The summed E-state index contributed by atoms with van der Waals surface area (Å²) in [5.41, 5.74) is 0. The van der Waals surface area contributed by atoms with Crippen molar-refractivity contribution in [2.45, 2.75) is 26.1 Å². The van der Waals surface area contributed by atoms with Gasteiger partial charge in [-0.05, 0) is 13.8 Å². The zero-order chi connectivity index (χ0) is 8.57. The Morgan fingerprint density at radius 1 is 1.00 bits per heavy atom. The first-order valence-corrected chi connectivity index (χ1v) is 3.12. The minimum Gasteiger partial charge on any atom is -0.394 e. The van der Waals surface area contributed by atoms with Crippen molar-refractivity contribution < 1.29 is 20.4 Å². The van der Waals surface area contributed by atoms with E-state index in [9.17, 15) is 0 Å². The summed E-state index contributed by atoms with van der Waals surface area (Å²) in [4.78, 5) is 0. The molecule has 4 heteroatoms. The van der Waals surface area contributed by atoms with Gasteiger partial charge in [0.2, 0.25) is 0 Å². The fourth-order valence-electron chi connectivity index (χ4n) is 0.0577. The zero-order valence-corrected chi connectivity index (χ0v) is 6.36. The highest BCUT2D eigenvalue weighted by Crippen LogP contribution is 1.71. The van der Waals surface area contributed by atoms with Gasteiger partial charge in [0.05, 0.1) is 13.2 Å². The van der Waals surface area contributed by atoms with Gasteiger partial charge in [-0.1, -0.05) is 0 Å². The molecule has 0 bridgehead atoms. The van der Waals surface area contributed by atoms with E-state index < -0.39 is 6.10 Å². The minimum absolute atomic E-state index is 0.167. The monoisotopic (exact) mass is 152 g/mol. The van der Waals surface area contributed by atoms with Crippen LogP contribution in [0.3, 0.4) is 0 Å². The lowest BCUT2D eigenvalue weighted by molar-refractivity contribution is 0.0450. The van der Waals surface area contributed by atoms with E-state index in [2.05, 4.69) is 0 Å². The highest BCUT2D eigenvalue weighted by atomic mass is 16.3. The van der Waals surface area contributed by atoms with Crippen LogP contribution in [-0.4, -0.2) is 45.8 Å². The van der Waals surface area contributed by atoms with E-state index in [1.54, 1.807) is 13.8 Å². The molecule has 0 saturated carbocycles. The Balaban J connectivity index is 0. The van der Waals surface area contributed by atoms with Crippen molar-refractivity contribution in [3.8, 4) is 0 Å². The quantitative estimate of drug-likeness (QED) is 0.397. The molecular formula is C6H16O4. The van der Waals surface area contributed by atoms with Gasteiger partial charge in [-0.15, -0.1) is 0 Å². The Hall–Kier alpha value is -0.160. The van der Waals surface area contributed by atoms with Gasteiger partial charge in [-0.2, -0.15) is 0 Å². The van der Waals surface area contributed by atoms with Crippen LogP contribution in [0.5, 0.6) is 0 Å². The average Bonchev–Trinajstić information content (AvgIpc) is 1.85. The van der Waals surface area contributed by atoms with Gasteiger partial charge in [0.25, 0.3) is 0 Å². The molecule has 0 aromatic carbocycles.